The summed E-state index contributed by atoms with van der Waals surface area (Å²) in [4.78, 5) is 5.73. The SMILES string of the molecule is COc1ccc([C@H]2C3=C(Nc4ncnn42)c2cc(C)ccc2O[C@@H]3c2ccc(SC)cc2)cc1. The third-order valence-electron chi connectivity index (χ3n) is 6.42. The molecule has 6 nitrogen and oxygen atoms in total. The van der Waals surface area contributed by atoms with Gasteiger partial charge in [0.05, 0.1) is 12.8 Å². The van der Waals surface area contributed by atoms with Gasteiger partial charge in [-0.1, -0.05) is 35.9 Å². The van der Waals surface area contributed by atoms with Crippen molar-refractivity contribution in [2.45, 2.75) is 24.0 Å². The molecular formula is C27H24N4O2S. The Kier molecular flexibility index (Phi) is 5.07. The number of methoxy groups -OCH3 is 1. The molecule has 0 saturated carbocycles. The van der Waals surface area contributed by atoms with Gasteiger partial charge in [-0.15, -0.1) is 11.8 Å². The zero-order valence-electron chi connectivity index (χ0n) is 19.1. The molecule has 34 heavy (non-hydrogen) atoms. The minimum absolute atomic E-state index is 0.182. The van der Waals surface area contributed by atoms with Crippen LogP contribution >= 0.6 is 11.8 Å². The molecular weight excluding hydrogens is 444 g/mol. The van der Waals surface area contributed by atoms with E-state index in [4.69, 9.17) is 9.47 Å². The minimum Gasteiger partial charge on any atom is -0.497 e. The number of fused-ring (bicyclic) bond motifs is 3. The summed E-state index contributed by atoms with van der Waals surface area (Å²) in [5, 5.41) is 8.16. The zero-order chi connectivity index (χ0) is 23.2. The third-order valence-corrected chi connectivity index (χ3v) is 7.16. The second-order valence-electron chi connectivity index (χ2n) is 8.43. The van der Waals surface area contributed by atoms with Crippen LogP contribution in [-0.4, -0.2) is 28.1 Å². The summed E-state index contributed by atoms with van der Waals surface area (Å²) in [7, 11) is 1.68. The molecule has 1 aromatic heterocycles. The van der Waals surface area contributed by atoms with Gasteiger partial charge in [0.1, 0.15) is 30.0 Å². The van der Waals surface area contributed by atoms with Crippen LogP contribution in [0.25, 0.3) is 5.70 Å². The number of thioether (sulfide) groups is 1. The summed E-state index contributed by atoms with van der Waals surface area (Å²) >= 11 is 1.73. The first-order valence-corrected chi connectivity index (χ1v) is 12.3. The van der Waals surface area contributed by atoms with Gasteiger partial charge in [-0.2, -0.15) is 10.1 Å². The molecule has 7 heteroatoms. The van der Waals surface area contributed by atoms with Crippen molar-refractivity contribution in [3.05, 3.63) is 101 Å². The fourth-order valence-corrected chi connectivity index (χ4v) is 5.15. The number of ether oxygens (including phenoxy) is 2. The summed E-state index contributed by atoms with van der Waals surface area (Å²) in [6.07, 6.45) is 3.40. The van der Waals surface area contributed by atoms with E-state index >= 15 is 0 Å². The normalized spacial score (nSPS) is 18.3. The van der Waals surface area contributed by atoms with Crippen LogP contribution < -0.4 is 14.8 Å². The zero-order valence-corrected chi connectivity index (χ0v) is 20.0. The van der Waals surface area contributed by atoms with Gasteiger partial charge in [-0.05, 0) is 60.7 Å². The van der Waals surface area contributed by atoms with E-state index in [1.807, 2.05) is 16.8 Å². The first-order chi connectivity index (χ1) is 16.7. The molecule has 6 rings (SSSR count). The predicted octanol–water partition coefficient (Wildman–Crippen LogP) is 5.88. The van der Waals surface area contributed by atoms with Crippen LogP contribution in [0.1, 0.15) is 34.4 Å². The molecule has 2 aliphatic rings. The van der Waals surface area contributed by atoms with Gasteiger partial charge < -0.3 is 14.8 Å². The molecule has 1 N–H and O–H groups in total. The number of aromatic nitrogens is 3. The molecule has 0 saturated heterocycles. The van der Waals surface area contributed by atoms with E-state index in [-0.39, 0.29) is 12.1 Å². The maximum atomic E-state index is 6.71. The molecule has 0 aliphatic carbocycles. The number of anilines is 1. The van der Waals surface area contributed by atoms with Crippen LogP contribution in [0.3, 0.4) is 0 Å². The van der Waals surface area contributed by atoms with Crippen molar-refractivity contribution in [2.24, 2.45) is 0 Å². The lowest BCUT2D eigenvalue weighted by Crippen LogP contribution is -2.32. The first kappa shape index (κ1) is 20.9. The molecule has 0 amide bonds. The summed E-state index contributed by atoms with van der Waals surface area (Å²) in [6, 6.07) is 22.9. The second-order valence-corrected chi connectivity index (χ2v) is 9.31. The summed E-state index contributed by atoms with van der Waals surface area (Å²) in [5.74, 6) is 2.39. The van der Waals surface area contributed by atoms with Crippen molar-refractivity contribution < 1.29 is 9.47 Å². The summed E-state index contributed by atoms with van der Waals surface area (Å²) in [6.45, 7) is 2.10. The fourth-order valence-electron chi connectivity index (χ4n) is 4.74. The molecule has 0 radical (unpaired) electrons. The van der Waals surface area contributed by atoms with Crippen molar-refractivity contribution in [3.8, 4) is 11.5 Å². The van der Waals surface area contributed by atoms with E-state index in [1.165, 1.54) is 10.5 Å². The number of hydrogen-bond donors (Lipinski definition) is 1. The van der Waals surface area contributed by atoms with Crippen LogP contribution in [0.15, 0.2) is 83.5 Å². The van der Waals surface area contributed by atoms with E-state index in [1.54, 1.807) is 25.2 Å². The van der Waals surface area contributed by atoms with Crippen molar-refractivity contribution >= 4 is 23.4 Å². The Balaban J connectivity index is 1.59. The largest absolute Gasteiger partial charge is 0.497 e. The summed E-state index contributed by atoms with van der Waals surface area (Å²) in [5.41, 5.74) is 6.54. The Bertz CT molecular complexity index is 1390. The third kappa shape index (κ3) is 3.35. The van der Waals surface area contributed by atoms with Crippen LogP contribution in [0.4, 0.5) is 5.95 Å². The highest BCUT2D eigenvalue weighted by atomic mass is 32.2. The highest BCUT2D eigenvalue weighted by Gasteiger charge is 2.41. The topological polar surface area (TPSA) is 61.2 Å². The Morgan fingerprint density at radius 3 is 2.50 bits per heavy atom. The first-order valence-electron chi connectivity index (χ1n) is 11.1. The van der Waals surface area contributed by atoms with Gasteiger partial charge in [0.2, 0.25) is 5.95 Å². The number of benzene rings is 3. The lowest BCUT2D eigenvalue weighted by atomic mass is 9.84. The van der Waals surface area contributed by atoms with Gasteiger partial charge in [0.25, 0.3) is 0 Å². The van der Waals surface area contributed by atoms with Crippen LogP contribution in [0, 0.1) is 6.92 Å². The van der Waals surface area contributed by atoms with E-state index in [2.05, 4.69) is 83.2 Å². The molecule has 2 aliphatic heterocycles. The quantitative estimate of drug-likeness (QED) is 0.378. The molecule has 2 atom stereocenters. The number of rotatable bonds is 4. The van der Waals surface area contributed by atoms with Gasteiger partial charge in [0.15, 0.2) is 0 Å². The number of nitrogens with zero attached hydrogens (tertiary/aromatic N) is 3. The smallest absolute Gasteiger partial charge is 0.226 e. The van der Waals surface area contributed by atoms with Crippen molar-refractivity contribution in [2.75, 3.05) is 18.7 Å². The van der Waals surface area contributed by atoms with E-state index in [0.29, 0.717) is 5.95 Å². The van der Waals surface area contributed by atoms with E-state index < -0.39 is 0 Å². The Morgan fingerprint density at radius 2 is 1.76 bits per heavy atom. The maximum Gasteiger partial charge on any atom is 0.226 e. The van der Waals surface area contributed by atoms with E-state index in [9.17, 15) is 0 Å². The number of aryl methyl sites for hydroxylation is 1. The molecule has 0 fully saturated rings. The van der Waals surface area contributed by atoms with Gasteiger partial charge in [-0.25, -0.2) is 4.68 Å². The Hall–Kier alpha value is -3.71. The lowest BCUT2D eigenvalue weighted by Gasteiger charge is -2.39. The van der Waals surface area contributed by atoms with E-state index in [0.717, 1.165) is 39.5 Å². The average molecular weight is 469 g/mol. The second kappa shape index (κ2) is 8.25. The molecule has 4 aromatic rings. The minimum atomic E-state index is -0.280. The number of hydrogen-bond acceptors (Lipinski definition) is 6. The Morgan fingerprint density at radius 1 is 1.00 bits per heavy atom. The average Bonchev–Trinajstić information content (AvgIpc) is 3.35. The van der Waals surface area contributed by atoms with Gasteiger partial charge in [-0.3, -0.25) is 0 Å². The van der Waals surface area contributed by atoms with Crippen molar-refractivity contribution in [3.63, 3.8) is 0 Å². The number of nitrogens with one attached hydrogen (secondary N) is 1. The fraction of sp³-hybridized carbons (Fsp3) is 0.185. The van der Waals surface area contributed by atoms with Gasteiger partial charge >= 0.3 is 0 Å². The lowest BCUT2D eigenvalue weighted by molar-refractivity contribution is 0.223. The molecule has 0 unspecified atom stereocenters. The highest BCUT2D eigenvalue weighted by Crippen LogP contribution is 2.50. The molecule has 170 valence electrons. The molecule has 3 aromatic carbocycles. The summed E-state index contributed by atoms with van der Waals surface area (Å²) < 4.78 is 14.1. The maximum absolute atomic E-state index is 6.71. The van der Waals surface area contributed by atoms with Crippen molar-refractivity contribution in [1.82, 2.24) is 14.8 Å². The van der Waals surface area contributed by atoms with Crippen LogP contribution in [-0.2, 0) is 0 Å². The Labute approximate surface area is 202 Å². The van der Waals surface area contributed by atoms with Crippen LogP contribution in [0.2, 0.25) is 0 Å². The monoisotopic (exact) mass is 468 g/mol. The standard InChI is InChI=1S/C27H24N4O2S/c1-16-4-13-22-21(14-16)24-23(26(33-22)18-7-11-20(34-3)12-8-18)25(31-27(30-24)28-15-29-31)17-5-9-19(32-2)10-6-17/h4-15,25-26H,1-3H3,(H,28,29,30)/t25-,26+/m0/s1. The van der Waals surface area contributed by atoms with Crippen molar-refractivity contribution in [1.29, 1.82) is 0 Å². The van der Waals surface area contributed by atoms with Gasteiger partial charge in [0, 0.05) is 16.0 Å². The molecule has 0 bridgehead atoms. The highest BCUT2D eigenvalue weighted by molar-refractivity contribution is 7.98. The molecule has 3 heterocycles. The predicted molar refractivity (Wildman–Crippen MR) is 134 cm³/mol. The molecule has 0 spiro atoms. The van der Waals surface area contributed by atoms with Crippen LogP contribution in [0.5, 0.6) is 11.5 Å².